The standard InChI is InChI=1S/C20H34F2/c1-2-3-4-5-16-6-10-18(11-7-16)19-12-8-17(9-13-19)14-20(22)15-21/h15-19H,2-14H2,1H3/b20-15-. The van der Waals surface area contributed by atoms with Gasteiger partial charge < -0.3 is 0 Å². The molecule has 0 aromatic heterocycles. The molecule has 0 aromatic rings. The Hall–Kier alpha value is -0.400. The molecule has 2 heteroatoms. The van der Waals surface area contributed by atoms with Crippen LogP contribution in [0.4, 0.5) is 8.78 Å². The lowest BCUT2D eigenvalue weighted by molar-refractivity contribution is 0.141. The Bertz CT molecular complexity index is 321. The van der Waals surface area contributed by atoms with Gasteiger partial charge in [-0.3, -0.25) is 0 Å². The molecule has 0 spiro atoms. The van der Waals surface area contributed by atoms with Gasteiger partial charge in [0.2, 0.25) is 0 Å². The van der Waals surface area contributed by atoms with Gasteiger partial charge in [-0.15, -0.1) is 0 Å². The molecule has 128 valence electrons. The maximum absolute atomic E-state index is 13.0. The van der Waals surface area contributed by atoms with E-state index in [2.05, 4.69) is 6.92 Å². The van der Waals surface area contributed by atoms with E-state index in [1.807, 2.05) is 0 Å². The zero-order valence-corrected chi connectivity index (χ0v) is 14.3. The molecule has 2 aliphatic carbocycles. The van der Waals surface area contributed by atoms with E-state index in [0.717, 1.165) is 30.6 Å². The molecule has 0 amide bonds. The molecule has 0 aromatic carbocycles. The molecule has 0 N–H and O–H groups in total. The lowest BCUT2D eigenvalue weighted by atomic mass is 9.68. The summed E-state index contributed by atoms with van der Waals surface area (Å²) in [6, 6.07) is 0. The third-order valence-electron chi connectivity index (χ3n) is 6.27. The van der Waals surface area contributed by atoms with Crippen LogP contribution in [0, 0.1) is 23.7 Å². The second-order valence-electron chi connectivity index (χ2n) is 7.82. The predicted octanol–water partition coefficient (Wildman–Crippen LogP) is 7.35. The molecule has 0 unspecified atom stereocenters. The average molecular weight is 312 g/mol. The van der Waals surface area contributed by atoms with Crippen LogP contribution in [-0.2, 0) is 0 Å². The number of halogens is 2. The fourth-order valence-electron chi connectivity index (χ4n) is 4.82. The lowest BCUT2D eigenvalue weighted by Crippen LogP contribution is -2.26. The molecule has 2 rings (SSSR count). The van der Waals surface area contributed by atoms with Gasteiger partial charge in [0.1, 0.15) is 12.2 Å². The molecule has 2 fully saturated rings. The number of unbranched alkanes of at least 4 members (excludes halogenated alkanes) is 2. The van der Waals surface area contributed by atoms with Crippen LogP contribution in [0.2, 0.25) is 0 Å². The fourth-order valence-corrected chi connectivity index (χ4v) is 4.82. The molecule has 0 atom stereocenters. The zero-order valence-electron chi connectivity index (χ0n) is 14.3. The fraction of sp³-hybridized carbons (Fsp3) is 0.900. The summed E-state index contributed by atoms with van der Waals surface area (Å²) in [5.74, 6) is 2.60. The Morgan fingerprint density at radius 2 is 1.41 bits per heavy atom. The van der Waals surface area contributed by atoms with Crippen molar-refractivity contribution in [3.63, 3.8) is 0 Å². The van der Waals surface area contributed by atoms with Crippen molar-refractivity contribution < 1.29 is 8.78 Å². The second-order valence-corrected chi connectivity index (χ2v) is 7.82. The van der Waals surface area contributed by atoms with Crippen molar-refractivity contribution in [3.05, 3.63) is 12.2 Å². The van der Waals surface area contributed by atoms with Gasteiger partial charge in [0, 0.05) is 6.42 Å². The second kappa shape index (κ2) is 9.67. The Balaban J connectivity index is 1.64. The third-order valence-corrected chi connectivity index (χ3v) is 6.27. The minimum atomic E-state index is -0.559. The third kappa shape index (κ3) is 5.66. The van der Waals surface area contributed by atoms with E-state index >= 15 is 0 Å². The van der Waals surface area contributed by atoms with Crippen molar-refractivity contribution in [2.45, 2.75) is 90.4 Å². The van der Waals surface area contributed by atoms with E-state index in [1.165, 1.54) is 64.2 Å². The van der Waals surface area contributed by atoms with E-state index in [9.17, 15) is 8.78 Å². The summed E-state index contributed by atoms with van der Waals surface area (Å²) < 4.78 is 25.1. The molecule has 0 saturated heterocycles. The number of allylic oxidation sites excluding steroid dienone is 1. The molecule has 2 aliphatic rings. The highest BCUT2D eigenvalue weighted by molar-refractivity contribution is 4.90. The Kier molecular flexibility index (Phi) is 7.89. The minimum Gasteiger partial charge on any atom is -0.213 e. The summed E-state index contributed by atoms with van der Waals surface area (Å²) in [7, 11) is 0. The summed E-state index contributed by atoms with van der Waals surface area (Å²) in [4.78, 5) is 0. The first-order valence-corrected chi connectivity index (χ1v) is 9.67. The van der Waals surface area contributed by atoms with Crippen LogP contribution in [0.25, 0.3) is 0 Å². The summed E-state index contributed by atoms with van der Waals surface area (Å²) in [5.41, 5.74) is 0. The Morgan fingerprint density at radius 1 is 0.864 bits per heavy atom. The van der Waals surface area contributed by atoms with Gasteiger partial charge in [0.15, 0.2) is 0 Å². The first kappa shape index (κ1) is 17.9. The van der Waals surface area contributed by atoms with E-state index in [1.54, 1.807) is 0 Å². The monoisotopic (exact) mass is 312 g/mol. The van der Waals surface area contributed by atoms with Gasteiger partial charge in [0.05, 0.1) is 0 Å². The van der Waals surface area contributed by atoms with Crippen LogP contribution < -0.4 is 0 Å². The summed E-state index contributed by atoms with van der Waals surface area (Å²) >= 11 is 0. The first-order valence-electron chi connectivity index (χ1n) is 9.67. The maximum atomic E-state index is 13.0. The lowest BCUT2D eigenvalue weighted by Gasteiger charge is -2.38. The van der Waals surface area contributed by atoms with Crippen LogP contribution in [0.3, 0.4) is 0 Å². The largest absolute Gasteiger partial charge is 0.213 e. The van der Waals surface area contributed by atoms with Gasteiger partial charge in [-0.25, -0.2) is 8.78 Å². The molecule has 0 radical (unpaired) electrons. The molecule has 0 heterocycles. The van der Waals surface area contributed by atoms with Gasteiger partial charge in [0.25, 0.3) is 0 Å². The average Bonchev–Trinajstić information content (AvgIpc) is 2.56. The Morgan fingerprint density at radius 3 is 1.91 bits per heavy atom. The van der Waals surface area contributed by atoms with Crippen LogP contribution >= 0.6 is 0 Å². The van der Waals surface area contributed by atoms with E-state index in [4.69, 9.17) is 0 Å². The first-order chi connectivity index (χ1) is 10.7. The van der Waals surface area contributed by atoms with E-state index < -0.39 is 5.83 Å². The smallest absolute Gasteiger partial charge is 0.128 e. The topological polar surface area (TPSA) is 0 Å². The highest BCUT2D eigenvalue weighted by atomic mass is 19.2. The normalized spacial score (nSPS) is 33.9. The molecular formula is C20H34F2. The van der Waals surface area contributed by atoms with Crippen molar-refractivity contribution in [1.29, 1.82) is 0 Å². The summed E-state index contributed by atoms with van der Waals surface area (Å²) in [6.45, 7) is 2.28. The quantitative estimate of drug-likeness (QED) is 0.431. The number of rotatable bonds is 7. The Labute approximate surface area is 135 Å². The summed E-state index contributed by atoms with van der Waals surface area (Å²) in [5, 5.41) is 0. The highest BCUT2D eigenvalue weighted by Gasteiger charge is 2.30. The van der Waals surface area contributed by atoms with Gasteiger partial charge >= 0.3 is 0 Å². The van der Waals surface area contributed by atoms with Crippen LogP contribution in [0.5, 0.6) is 0 Å². The van der Waals surface area contributed by atoms with E-state index in [0.29, 0.717) is 12.3 Å². The van der Waals surface area contributed by atoms with E-state index in [-0.39, 0.29) is 6.33 Å². The summed E-state index contributed by atoms with van der Waals surface area (Å²) in [6.07, 6.45) is 16.5. The molecule has 0 bridgehead atoms. The molecule has 0 aliphatic heterocycles. The van der Waals surface area contributed by atoms with Crippen LogP contribution in [-0.4, -0.2) is 0 Å². The van der Waals surface area contributed by atoms with Crippen LogP contribution in [0.15, 0.2) is 12.2 Å². The maximum Gasteiger partial charge on any atom is 0.128 e. The van der Waals surface area contributed by atoms with Gasteiger partial charge in [-0.05, 0) is 62.2 Å². The van der Waals surface area contributed by atoms with Crippen molar-refractivity contribution in [2.24, 2.45) is 23.7 Å². The minimum absolute atomic E-state index is 0.145. The van der Waals surface area contributed by atoms with Gasteiger partial charge in [-0.2, -0.15) is 0 Å². The predicted molar refractivity (Wildman–Crippen MR) is 90.0 cm³/mol. The molecule has 22 heavy (non-hydrogen) atoms. The number of hydrogen-bond acceptors (Lipinski definition) is 0. The van der Waals surface area contributed by atoms with Crippen LogP contribution in [0.1, 0.15) is 90.4 Å². The molecular weight excluding hydrogens is 278 g/mol. The van der Waals surface area contributed by atoms with Gasteiger partial charge in [-0.1, -0.05) is 45.4 Å². The number of hydrogen-bond donors (Lipinski definition) is 0. The van der Waals surface area contributed by atoms with Crippen molar-refractivity contribution >= 4 is 0 Å². The van der Waals surface area contributed by atoms with Crippen molar-refractivity contribution in [3.8, 4) is 0 Å². The highest BCUT2D eigenvalue weighted by Crippen LogP contribution is 2.43. The zero-order chi connectivity index (χ0) is 15.8. The SMILES string of the molecule is CCCCCC1CCC(C2CCC(C/C(F)=C/F)CC2)CC1. The molecule has 2 saturated carbocycles. The molecule has 0 nitrogen and oxygen atoms in total. The van der Waals surface area contributed by atoms with Crippen molar-refractivity contribution in [2.75, 3.05) is 0 Å². The van der Waals surface area contributed by atoms with Crippen molar-refractivity contribution in [1.82, 2.24) is 0 Å².